The van der Waals surface area contributed by atoms with Gasteiger partial charge in [0.05, 0.1) is 19.5 Å². The molecule has 2 amide bonds. The smallest absolute Gasteiger partial charge is 0.481 e. The van der Waals surface area contributed by atoms with Crippen molar-refractivity contribution in [2.45, 2.75) is 95.9 Å². The molecule has 30 heteroatoms. The van der Waals surface area contributed by atoms with Crippen LogP contribution in [0.3, 0.4) is 0 Å². The Morgan fingerprint density at radius 1 is 0.950 bits per heavy atom. The van der Waals surface area contributed by atoms with Crippen molar-refractivity contribution in [3.8, 4) is 0 Å². The maximum Gasteiger partial charge on any atom is 0.481 e. The molecule has 1 saturated heterocycles. The normalized spacial score (nSPS) is 20.9. The van der Waals surface area contributed by atoms with Crippen LogP contribution in [0, 0.1) is 5.41 Å². The van der Waals surface area contributed by atoms with E-state index in [1.54, 1.807) is 0 Å². The molecule has 11 N–H and O–H groups in total. The second-order valence-electron chi connectivity index (χ2n) is 14.0. The summed E-state index contributed by atoms with van der Waals surface area (Å²) >= 11 is 1.06. The average Bonchev–Trinajstić information content (AvgIpc) is 3.70. The molecule has 0 bridgehead atoms. The standard InChI is InChI=1S/C30H50N7O19P3S/c1-30(2,25(43)28(44)33-11-10-19(38)32-12-13-60-21(41)9-7-5-3-4-6-8-20(39)40)15-53-59(50,51)56-58(48,49)52-14-18-24(55-57(45,46)47)23(42)29(54-18)37-17-36-22-26(31)34-16-35-27(22)37/h16-18,23-25,29,42-43H,3-15H2,1-2H3,(H,32,38)(H,33,44)(H,39,40)(H,48,49)(H,50,51)(H2,31,34,35)(H2,45,46,47)/t18-,23-,24-,25+,29-/m1/s1. The number of aliphatic hydroxyl groups excluding tert-OH is 2. The molecule has 0 spiro atoms. The number of carboxylic acid groups (broad SMARTS) is 1. The summed E-state index contributed by atoms with van der Waals surface area (Å²) < 4.78 is 62.1. The minimum atomic E-state index is -5.58. The first-order valence-corrected chi connectivity index (χ1v) is 23.7. The van der Waals surface area contributed by atoms with E-state index in [1.807, 2.05) is 0 Å². The van der Waals surface area contributed by atoms with E-state index in [0.717, 1.165) is 48.2 Å². The highest BCUT2D eigenvalue weighted by atomic mass is 32.2. The van der Waals surface area contributed by atoms with Crippen molar-refractivity contribution in [1.82, 2.24) is 30.2 Å². The van der Waals surface area contributed by atoms with E-state index < -0.39 is 90.5 Å². The molecule has 2 unspecified atom stereocenters. The molecule has 1 fully saturated rings. The van der Waals surface area contributed by atoms with Gasteiger partial charge in [0, 0.05) is 43.5 Å². The Bertz CT molecular complexity index is 1940. The molecule has 1 aliphatic heterocycles. The average molecular weight is 938 g/mol. The van der Waals surface area contributed by atoms with Crippen LogP contribution in [0.5, 0.6) is 0 Å². The number of aromatic nitrogens is 4. The van der Waals surface area contributed by atoms with Crippen LogP contribution in [0.15, 0.2) is 12.7 Å². The van der Waals surface area contributed by atoms with Crippen molar-refractivity contribution in [1.29, 1.82) is 0 Å². The van der Waals surface area contributed by atoms with Crippen LogP contribution in [0.1, 0.15) is 71.4 Å². The Kier molecular flexibility index (Phi) is 19.6. The number of nitrogens with zero attached hydrogens (tertiary/aromatic N) is 4. The maximum atomic E-state index is 12.7. The van der Waals surface area contributed by atoms with Gasteiger partial charge in [-0.05, 0) is 12.8 Å². The number of nitrogen functional groups attached to an aromatic ring is 1. The van der Waals surface area contributed by atoms with E-state index in [4.69, 9.17) is 24.6 Å². The van der Waals surface area contributed by atoms with Crippen molar-refractivity contribution in [2.75, 3.05) is 37.8 Å². The van der Waals surface area contributed by atoms with Crippen LogP contribution < -0.4 is 16.4 Å². The van der Waals surface area contributed by atoms with Gasteiger partial charge in [-0.3, -0.25) is 37.3 Å². The van der Waals surface area contributed by atoms with Gasteiger partial charge < -0.3 is 56.0 Å². The number of anilines is 1. The number of hydrogen-bond donors (Lipinski definition) is 10. The van der Waals surface area contributed by atoms with Crippen molar-refractivity contribution in [3.63, 3.8) is 0 Å². The predicted octanol–water partition coefficient (Wildman–Crippen LogP) is 0.480. The second-order valence-corrected chi connectivity index (χ2v) is 19.3. The molecular weight excluding hydrogens is 887 g/mol. The fourth-order valence-corrected chi connectivity index (χ4v) is 8.99. The fraction of sp³-hybridized carbons (Fsp3) is 0.700. The highest BCUT2D eigenvalue weighted by Gasteiger charge is 2.50. The topological polar surface area (TPSA) is 401 Å². The Morgan fingerprint density at radius 3 is 2.27 bits per heavy atom. The third-order valence-electron chi connectivity index (χ3n) is 8.54. The third-order valence-corrected chi connectivity index (χ3v) is 12.6. The van der Waals surface area contributed by atoms with E-state index in [2.05, 4.69) is 34.4 Å². The van der Waals surface area contributed by atoms with Gasteiger partial charge in [0.2, 0.25) is 11.8 Å². The van der Waals surface area contributed by atoms with Crippen LogP contribution in [-0.4, -0.2) is 134 Å². The van der Waals surface area contributed by atoms with Gasteiger partial charge in [-0.15, -0.1) is 0 Å². The first-order chi connectivity index (χ1) is 27.9. The monoisotopic (exact) mass is 937 g/mol. The molecule has 1 aliphatic rings. The third kappa shape index (κ3) is 17.1. The number of fused-ring (bicyclic) bond motifs is 1. The zero-order valence-electron chi connectivity index (χ0n) is 32.4. The number of imidazole rings is 1. The summed E-state index contributed by atoms with van der Waals surface area (Å²) in [6, 6.07) is 0. The van der Waals surface area contributed by atoms with E-state index in [9.17, 15) is 62.7 Å². The lowest BCUT2D eigenvalue weighted by Crippen LogP contribution is -2.46. The number of carbonyl (C=O) groups excluding carboxylic acids is 3. The summed E-state index contributed by atoms with van der Waals surface area (Å²) in [7, 11) is -16.4. The fourth-order valence-electron chi connectivity index (χ4n) is 5.44. The van der Waals surface area contributed by atoms with Gasteiger partial charge in [-0.1, -0.05) is 44.9 Å². The van der Waals surface area contributed by atoms with Gasteiger partial charge in [0.15, 0.2) is 22.8 Å². The van der Waals surface area contributed by atoms with Crippen molar-refractivity contribution in [2.24, 2.45) is 5.41 Å². The molecule has 26 nitrogen and oxygen atoms in total. The van der Waals surface area contributed by atoms with E-state index in [1.165, 1.54) is 13.8 Å². The molecule has 0 aliphatic carbocycles. The molecule has 340 valence electrons. The number of aliphatic hydroxyl groups is 2. The van der Waals surface area contributed by atoms with Crippen LogP contribution in [0.25, 0.3) is 11.2 Å². The molecule has 3 rings (SSSR count). The van der Waals surface area contributed by atoms with Crippen molar-refractivity contribution in [3.05, 3.63) is 12.7 Å². The Labute approximate surface area is 346 Å². The number of rotatable bonds is 27. The highest BCUT2D eigenvalue weighted by molar-refractivity contribution is 8.13. The van der Waals surface area contributed by atoms with E-state index >= 15 is 0 Å². The van der Waals surface area contributed by atoms with Crippen molar-refractivity contribution >= 4 is 75.1 Å². The highest BCUT2D eigenvalue weighted by Crippen LogP contribution is 2.61. The SMILES string of the molecule is CC(C)(COP(=O)(O)OP(=O)(O)OC[C@H]1O[C@@H](n2cnc3c(N)ncnc32)[C@H](O)[C@@H]1OP(=O)(O)O)[C@@H](O)C(=O)NCCC(=O)NCCSC(=O)CCCCCCCC(=O)O. The molecule has 0 saturated carbocycles. The predicted molar refractivity (Wildman–Crippen MR) is 207 cm³/mol. The van der Waals surface area contributed by atoms with Crippen LogP contribution in [-0.2, 0) is 55.5 Å². The summed E-state index contributed by atoms with van der Waals surface area (Å²) in [5.74, 6) is -2.00. The summed E-state index contributed by atoms with van der Waals surface area (Å²) in [5, 5.41) is 35.0. The second kappa shape index (κ2) is 22.9. The lowest BCUT2D eigenvalue weighted by molar-refractivity contribution is -0.137. The van der Waals surface area contributed by atoms with Crippen LogP contribution >= 0.6 is 35.2 Å². The van der Waals surface area contributed by atoms with Gasteiger partial charge in [0.25, 0.3) is 0 Å². The molecule has 2 aromatic rings. The lowest BCUT2D eigenvalue weighted by atomic mass is 9.87. The Hall–Kier alpha value is -2.97. The van der Waals surface area contributed by atoms with Crippen LogP contribution in [0.2, 0.25) is 0 Å². The Morgan fingerprint density at radius 2 is 1.60 bits per heavy atom. The zero-order valence-corrected chi connectivity index (χ0v) is 35.9. The van der Waals surface area contributed by atoms with Crippen molar-refractivity contribution < 1.29 is 90.4 Å². The first-order valence-electron chi connectivity index (χ1n) is 18.2. The number of hydrogen-bond acceptors (Lipinski definition) is 19. The number of nitrogens with two attached hydrogens (primary N) is 1. The van der Waals surface area contributed by atoms with Gasteiger partial charge in [-0.25, -0.2) is 28.6 Å². The van der Waals surface area contributed by atoms with E-state index in [0.29, 0.717) is 25.0 Å². The molecule has 3 heterocycles. The number of phosphoric ester groups is 3. The quantitative estimate of drug-likeness (QED) is 0.0430. The molecule has 0 radical (unpaired) electrons. The van der Waals surface area contributed by atoms with Gasteiger partial charge in [0.1, 0.15) is 36.3 Å². The largest absolute Gasteiger partial charge is 0.481 e. The minimum absolute atomic E-state index is 0.0242. The van der Waals surface area contributed by atoms with Gasteiger partial charge >= 0.3 is 29.4 Å². The van der Waals surface area contributed by atoms with Crippen LogP contribution in [0.4, 0.5) is 5.82 Å². The minimum Gasteiger partial charge on any atom is -0.481 e. The molecule has 7 atom stereocenters. The number of carbonyl (C=O) groups is 4. The molecule has 60 heavy (non-hydrogen) atoms. The number of thioether (sulfide) groups is 1. The van der Waals surface area contributed by atoms with E-state index in [-0.39, 0.29) is 48.0 Å². The van der Waals surface area contributed by atoms with Gasteiger partial charge in [-0.2, -0.15) is 4.31 Å². The first kappa shape index (κ1) is 51.4. The maximum absolute atomic E-state index is 12.7. The number of amides is 2. The summed E-state index contributed by atoms with van der Waals surface area (Å²) in [6.07, 6.45) is -2.79. The number of phosphoric acid groups is 3. The zero-order chi connectivity index (χ0) is 44.9. The summed E-state index contributed by atoms with van der Waals surface area (Å²) in [6.45, 7) is 0.408. The number of aliphatic carboxylic acids is 1. The number of ether oxygens (including phenoxy) is 1. The summed E-state index contributed by atoms with van der Waals surface area (Å²) in [5.41, 5.74) is 4.23. The molecule has 0 aromatic carbocycles. The molecular formula is C30H50N7O19P3S. The number of carboxylic acids is 1. The summed E-state index contributed by atoms with van der Waals surface area (Å²) in [4.78, 5) is 98.2. The lowest BCUT2D eigenvalue weighted by Gasteiger charge is -2.30. The Balaban J connectivity index is 1.40. The number of nitrogens with one attached hydrogen (secondary N) is 2. The molecule has 2 aromatic heterocycles. The number of unbranched alkanes of at least 4 members (excludes halogenated alkanes) is 4.